The van der Waals surface area contributed by atoms with Gasteiger partial charge in [-0.2, -0.15) is 0 Å². The van der Waals surface area contributed by atoms with E-state index in [2.05, 4.69) is 10.3 Å². The number of urea groups is 1. The second-order valence-electron chi connectivity index (χ2n) is 4.40. The molecule has 9 heteroatoms. The molecule has 0 aliphatic carbocycles. The van der Waals surface area contributed by atoms with Crippen molar-refractivity contribution < 1.29 is 19.1 Å². The Bertz CT molecular complexity index is 580. The lowest BCUT2D eigenvalue weighted by Gasteiger charge is -2.11. The highest BCUT2D eigenvalue weighted by Crippen LogP contribution is 2.19. The summed E-state index contributed by atoms with van der Waals surface area (Å²) in [5.74, 6) is -1.55. The van der Waals surface area contributed by atoms with Crippen molar-refractivity contribution in [2.75, 3.05) is 6.61 Å². The predicted octanol–water partition coefficient (Wildman–Crippen LogP) is 2.17. The molecule has 0 aromatic carbocycles. The summed E-state index contributed by atoms with van der Waals surface area (Å²) in [4.78, 5) is 38.2. The van der Waals surface area contributed by atoms with Crippen molar-refractivity contribution in [2.24, 2.45) is 0 Å². The SMILES string of the molecule is CC[C@H](C)NC(=O)NC(=O)COC(=O)c1cnc(Cl)c(Cl)c1. The van der Waals surface area contributed by atoms with Gasteiger partial charge in [0.1, 0.15) is 5.15 Å². The van der Waals surface area contributed by atoms with E-state index in [0.29, 0.717) is 0 Å². The smallest absolute Gasteiger partial charge is 0.340 e. The van der Waals surface area contributed by atoms with E-state index in [1.165, 1.54) is 12.3 Å². The summed E-state index contributed by atoms with van der Waals surface area (Å²) >= 11 is 11.3. The number of halogens is 2. The Morgan fingerprint density at radius 1 is 1.36 bits per heavy atom. The van der Waals surface area contributed by atoms with Gasteiger partial charge in [0, 0.05) is 12.2 Å². The number of hydrogen-bond acceptors (Lipinski definition) is 5. The fraction of sp³-hybridized carbons (Fsp3) is 0.385. The molecule has 1 aromatic rings. The van der Waals surface area contributed by atoms with Gasteiger partial charge in [0.2, 0.25) is 0 Å². The van der Waals surface area contributed by atoms with E-state index in [1.807, 2.05) is 12.2 Å². The van der Waals surface area contributed by atoms with Crippen molar-refractivity contribution in [2.45, 2.75) is 26.3 Å². The van der Waals surface area contributed by atoms with E-state index >= 15 is 0 Å². The summed E-state index contributed by atoms with van der Waals surface area (Å²) in [5, 5.41) is 4.73. The van der Waals surface area contributed by atoms with Gasteiger partial charge < -0.3 is 10.1 Å². The first-order chi connectivity index (χ1) is 10.3. The largest absolute Gasteiger partial charge is 0.452 e. The third kappa shape index (κ3) is 5.87. The number of carbonyl (C=O) groups is 3. The van der Waals surface area contributed by atoms with Crippen molar-refractivity contribution in [3.63, 3.8) is 0 Å². The molecule has 22 heavy (non-hydrogen) atoms. The minimum absolute atomic E-state index is 0.0475. The lowest BCUT2D eigenvalue weighted by Crippen LogP contribution is -2.44. The van der Waals surface area contributed by atoms with Gasteiger partial charge in [-0.15, -0.1) is 0 Å². The number of nitrogens with one attached hydrogen (secondary N) is 2. The summed E-state index contributed by atoms with van der Waals surface area (Å²) in [7, 11) is 0. The van der Waals surface area contributed by atoms with Crippen LogP contribution in [-0.4, -0.2) is 35.5 Å². The van der Waals surface area contributed by atoms with Crippen LogP contribution in [0.5, 0.6) is 0 Å². The molecule has 1 heterocycles. The highest BCUT2D eigenvalue weighted by molar-refractivity contribution is 6.41. The zero-order valence-electron chi connectivity index (χ0n) is 12.0. The van der Waals surface area contributed by atoms with Gasteiger partial charge in [0.05, 0.1) is 10.6 Å². The van der Waals surface area contributed by atoms with Crippen molar-refractivity contribution in [3.8, 4) is 0 Å². The molecule has 1 atom stereocenters. The molecular formula is C13H15Cl2N3O4. The molecule has 2 N–H and O–H groups in total. The minimum atomic E-state index is -0.802. The van der Waals surface area contributed by atoms with Crippen LogP contribution in [0.1, 0.15) is 30.6 Å². The first kappa shape index (κ1) is 18.2. The van der Waals surface area contributed by atoms with Crippen LogP contribution < -0.4 is 10.6 Å². The van der Waals surface area contributed by atoms with Crippen LogP contribution in [0, 0.1) is 0 Å². The number of imide groups is 1. The standard InChI is InChI=1S/C13H15Cl2N3O4/c1-3-7(2)17-13(21)18-10(19)6-22-12(20)8-4-9(14)11(15)16-5-8/h4-5,7H,3,6H2,1-2H3,(H2,17,18,19,21)/t7-/m0/s1. The monoisotopic (exact) mass is 347 g/mol. The average Bonchev–Trinajstić information content (AvgIpc) is 2.47. The number of aromatic nitrogens is 1. The number of amides is 3. The van der Waals surface area contributed by atoms with E-state index in [0.717, 1.165) is 6.42 Å². The summed E-state index contributed by atoms with van der Waals surface area (Å²) in [6.45, 7) is 3.08. The van der Waals surface area contributed by atoms with Gasteiger partial charge in [-0.05, 0) is 19.4 Å². The normalized spacial score (nSPS) is 11.5. The lowest BCUT2D eigenvalue weighted by molar-refractivity contribution is -0.123. The highest BCUT2D eigenvalue weighted by atomic mass is 35.5. The second kappa shape index (κ2) is 8.55. The number of hydrogen-bond donors (Lipinski definition) is 2. The molecule has 0 spiro atoms. The molecular weight excluding hydrogens is 333 g/mol. The van der Waals surface area contributed by atoms with Crippen molar-refractivity contribution in [1.29, 1.82) is 0 Å². The maximum absolute atomic E-state index is 11.7. The average molecular weight is 348 g/mol. The highest BCUT2D eigenvalue weighted by Gasteiger charge is 2.14. The van der Waals surface area contributed by atoms with Crippen LogP contribution in [-0.2, 0) is 9.53 Å². The number of ether oxygens (including phenoxy) is 1. The van der Waals surface area contributed by atoms with E-state index in [-0.39, 0.29) is 21.8 Å². The van der Waals surface area contributed by atoms with Crippen LogP contribution in [0.3, 0.4) is 0 Å². The van der Waals surface area contributed by atoms with Crippen molar-refractivity contribution >= 4 is 41.1 Å². The first-order valence-electron chi connectivity index (χ1n) is 6.42. The molecule has 0 fully saturated rings. The Kier molecular flexibility index (Phi) is 7.07. The number of rotatable bonds is 5. The van der Waals surface area contributed by atoms with Crippen LogP contribution in [0.2, 0.25) is 10.2 Å². The quantitative estimate of drug-likeness (QED) is 0.628. The molecule has 120 valence electrons. The summed E-state index contributed by atoms with van der Waals surface area (Å²) in [5.41, 5.74) is 0.0475. The molecule has 0 radical (unpaired) electrons. The topological polar surface area (TPSA) is 97.4 Å². The number of esters is 1. The molecule has 0 aliphatic rings. The number of nitrogens with zero attached hydrogens (tertiary/aromatic N) is 1. The maximum Gasteiger partial charge on any atom is 0.340 e. The van der Waals surface area contributed by atoms with Crippen molar-refractivity contribution in [1.82, 2.24) is 15.6 Å². The first-order valence-corrected chi connectivity index (χ1v) is 7.17. The number of pyridine rings is 1. The van der Waals surface area contributed by atoms with Gasteiger partial charge in [-0.25, -0.2) is 14.6 Å². The molecule has 0 saturated heterocycles. The molecule has 3 amide bonds. The fourth-order valence-electron chi connectivity index (χ4n) is 1.27. The summed E-state index contributed by atoms with van der Waals surface area (Å²) < 4.78 is 4.74. The fourth-order valence-corrected chi connectivity index (χ4v) is 1.54. The minimum Gasteiger partial charge on any atom is -0.452 e. The third-order valence-corrected chi connectivity index (χ3v) is 3.30. The summed E-state index contributed by atoms with van der Waals surface area (Å²) in [6.07, 6.45) is 1.89. The zero-order chi connectivity index (χ0) is 16.7. The Labute approximate surface area is 137 Å². The van der Waals surface area contributed by atoms with Crippen LogP contribution in [0.15, 0.2) is 12.3 Å². The van der Waals surface area contributed by atoms with Crippen LogP contribution in [0.25, 0.3) is 0 Å². The third-order valence-electron chi connectivity index (χ3n) is 2.61. The molecule has 0 aliphatic heterocycles. The Morgan fingerprint density at radius 3 is 2.64 bits per heavy atom. The van der Waals surface area contributed by atoms with Gasteiger partial charge >= 0.3 is 12.0 Å². The molecule has 0 unspecified atom stereocenters. The van der Waals surface area contributed by atoms with Gasteiger partial charge in [-0.3, -0.25) is 10.1 Å². The molecule has 0 bridgehead atoms. The number of carbonyl (C=O) groups excluding carboxylic acids is 3. The molecule has 0 saturated carbocycles. The zero-order valence-corrected chi connectivity index (χ0v) is 13.5. The maximum atomic E-state index is 11.7. The van der Waals surface area contributed by atoms with Crippen molar-refractivity contribution in [3.05, 3.63) is 28.0 Å². The molecule has 1 rings (SSSR count). The Hall–Kier alpha value is -1.86. The Morgan fingerprint density at radius 2 is 2.05 bits per heavy atom. The second-order valence-corrected chi connectivity index (χ2v) is 5.17. The van der Waals surface area contributed by atoms with E-state index in [4.69, 9.17) is 27.9 Å². The van der Waals surface area contributed by atoms with E-state index in [9.17, 15) is 14.4 Å². The van der Waals surface area contributed by atoms with E-state index in [1.54, 1.807) is 6.92 Å². The van der Waals surface area contributed by atoms with Crippen LogP contribution in [0.4, 0.5) is 4.79 Å². The Balaban J connectivity index is 2.45. The van der Waals surface area contributed by atoms with Crippen LogP contribution >= 0.6 is 23.2 Å². The molecule has 7 nitrogen and oxygen atoms in total. The lowest BCUT2D eigenvalue weighted by atomic mass is 10.3. The summed E-state index contributed by atoms with van der Waals surface area (Å²) in [6, 6.07) is 0.552. The van der Waals surface area contributed by atoms with E-state index < -0.39 is 24.5 Å². The van der Waals surface area contributed by atoms with Gasteiger partial charge in [0.25, 0.3) is 5.91 Å². The van der Waals surface area contributed by atoms with Gasteiger partial charge in [0.15, 0.2) is 6.61 Å². The van der Waals surface area contributed by atoms with Gasteiger partial charge in [-0.1, -0.05) is 30.1 Å². The predicted molar refractivity (Wildman–Crippen MR) is 81.0 cm³/mol. The molecule has 1 aromatic heterocycles.